The summed E-state index contributed by atoms with van der Waals surface area (Å²) in [5, 5.41) is 0. The third-order valence-electron chi connectivity index (χ3n) is 1.72. The Balaban J connectivity index is 3.90. The fourth-order valence-corrected chi connectivity index (χ4v) is 2.09. The monoisotopic (exact) mass is 163 g/mol. The molecule has 0 fully saturated rings. The SMILES string of the molecule is CC[C@@H](C)C[S@@](=N)(=O)CC. The van der Waals surface area contributed by atoms with Gasteiger partial charge in [-0.15, -0.1) is 0 Å². The average Bonchev–Trinajstić information content (AvgIpc) is 1.87. The summed E-state index contributed by atoms with van der Waals surface area (Å²) < 4.78 is 18.5. The second kappa shape index (κ2) is 3.96. The van der Waals surface area contributed by atoms with Gasteiger partial charge in [-0.05, 0) is 5.92 Å². The summed E-state index contributed by atoms with van der Waals surface area (Å²) in [4.78, 5) is 0. The normalized spacial score (nSPS) is 19.9. The molecule has 0 unspecified atom stereocenters. The lowest BCUT2D eigenvalue weighted by atomic mass is 10.2. The molecule has 0 aliphatic carbocycles. The molecule has 0 spiro atoms. The van der Waals surface area contributed by atoms with Gasteiger partial charge >= 0.3 is 0 Å². The number of nitrogens with one attached hydrogen (secondary N) is 1. The highest BCUT2D eigenvalue weighted by Gasteiger charge is 2.07. The molecule has 0 bridgehead atoms. The van der Waals surface area contributed by atoms with E-state index in [4.69, 9.17) is 4.78 Å². The molecule has 10 heavy (non-hydrogen) atoms. The Labute approximate surface area is 64.0 Å². The molecule has 0 aromatic carbocycles. The van der Waals surface area contributed by atoms with E-state index in [1.165, 1.54) is 0 Å². The van der Waals surface area contributed by atoms with Crippen molar-refractivity contribution in [2.75, 3.05) is 11.5 Å². The molecule has 0 heterocycles. The Morgan fingerprint density at radius 3 is 2.30 bits per heavy atom. The first-order chi connectivity index (χ1) is 4.52. The van der Waals surface area contributed by atoms with Crippen molar-refractivity contribution in [1.82, 2.24) is 0 Å². The minimum absolute atomic E-state index is 0.435. The zero-order chi connectivity index (χ0) is 8.20. The summed E-state index contributed by atoms with van der Waals surface area (Å²) in [5.74, 6) is 1.50. The van der Waals surface area contributed by atoms with E-state index < -0.39 is 9.73 Å². The van der Waals surface area contributed by atoms with Gasteiger partial charge in [-0.1, -0.05) is 27.2 Å². The molecule has 0 radical (unpaired) electrons. The quantitative estimate of drug-likeness (QED) is 0.677. The standard InChI is InChI=1S/C7H17NOS/c1-4-7(3)6-10(8,9)5-2/h7-8H,4-6H2,1-3H3/t7-,10+/m1/s1. The smallest absolute Gasteiger partial charge is 0.0441 e. The van der Waals surface area contributed by atoms with E-state index in [0.29, 0.717) is 17.4 Å². The van der Waals surface area contributed by atoms with Gasteiger partial charge in [-0.25, -0.2) is 4.21 Å². The molecule has 0 aliphatic rings. The molecule has 62 valence electrons. The van der Waals surface area contributed by atoms with E-state index >= 15 is 0 Å². The van der Waals surface area contributed by atoms with Crippen LogP contribution in [0.4, 0.5) is 0 Å². The Bertz CT molecular complexity index is 172. The summed E-state index contributed by atoms with van der Waals surface area (Å²) in [6, 6.07) is 0. The summed E-state index contributed by atoms with van der Waals surface area (Å²) in [7, 11) is -2.23. The predicted octanol–water partition coefficient (Wildman–Crippen LogP) is 2.10. The van der Waals surface area contributed by atoms with Crippen molar-refractivity contribution in [2.45, 2.75) is 27.2 Å². The van der Waals surface area contributed by atoms with Gasteiger partial charge in [0.05, 0.1) is 0 Å². The van der Waals surface area contributed by atoms with Gasteiger partial charge in [0.2, 0.25) is 0 Å². The van der Waals surface area contributed by atoms with Crippen LogP contribution in [0.3, 0.4) is 0 Å². The molecule has 0 aromatic heterocycles. The van der Waals surface area contributed by atoms with Crippen LogP contribution in [0, 0.1) is 10.7 Å². The van der Waals surface area contributed by atoms with Crippen molar-refractivity contribution in [1.29, 1.82) is 4.78 Å². The van der Waals surface area contributed by atoms with Crippen molar-refractivity contribution < 1.29 is 4.21 Å². The van der Waals surface area contributed by atoms with Crippen LogP contribution in [-0.2, 0) is 9.73 Å². The van der Waals surface area contributed by atoms with Crippen LogP contribution in [-0.4, -0.2) is 15.7 Å². The fraction of sp³-hybridized carbons (Fsp3) is 1.00. The molecule has 3 heteroatoms. The fourth-order valence-electron chi connectivity index (χ4n) is 0.695. The van der Waals surface area contributed by atoms with Gasteiger partial charge in [0.1, 0.15) is 0 Å². The van der Waals surface area contributed by atoms with Gasteiger partial charge in [0.15, 0.2) is 0 Å². The van der Waals surface area contributed by atoms with E-state index in [9.17, 15) is 4.21 Å². The summed E-state index contributed by atoms with van der Waals surface area (Å²) in [5.41, 5.74) is 0. The molecule has 0 amide bonds. The highest BCUT2D eigenvalue weighted by molar-refractivity contribution is 7.92. The molecule has 0 saturated heterocycles. The van der Waals surface area contributed by atoms with Crippen LogP contribution in [0.2, 0.25) is 0 Å². The molecule has 0 saturated carbocycles. The number of hydrogen-bond donors (Lipinski definition) is 1. The molecular weight excluding hydrogens is 146 g/mol. The van der Waals surface area contributed by atoms with Gasteiger partial charge in [-0.3, -0.25) is 4.78 Å². The van der Waals surface area contributed by atoms with Crippen LogP contribution in [0.5, 0.6) is 0 Å². The molecule has 1 N–H and O–H groups in total. The predicted molar refractivity (Wildman–Crippen MR) is 45.7 cm³/mol. The minimum Gasteiger partial charge on any atom is -0.253 e. The second-order valence-corrected chi connectivity index (χ2v) is 5.31. The largest absolute Gasteiger partial charge is 0.253 e. The zero-order valence-electron chi connectivity index (χ0n) is 7.02. The number of hydrogen-bond acceptors (Lipinski definition) is 2. The Morgan fingerprint density at radius 1 is 1.50 bits per heavy atom. The Morgan fingerprint density at radius 2 is 2.00 bits per heavy atom. The Hall–Kier alpha value is -0.0500. The van der Waals surface area contributed by atoms with Crippen molar-refractivity contribution >= 4 is 9.73 Å². The van der Waals surface area contributed by atoms with Crippen molar-refractivity contribution in [3.05, 3.63) is 0 Å². The summed E-state index contributed by atoms with van der Waals surface area (Å²) >= 11 is 0. The lowest BCUT2D eigenvalue weighted by Gasteiger charge is -2.09. The lowest BCUT2D eigenvalue weighted by Crippen LogP contribution is -2.13. The first-order valence-corrected chi connectivity index (χ1v) is 5.65. The van der Waals surface area contributed by atoms with Crippen molar-refractivity contribution in [3.63, 3.8) is 0 Å². The van der Waals surface area contributed by atoms with E-state index in [-0.39, 0.29) is 0 Å². The van der Waals surface area contributed by atoms with E-state index in [0.717, 1.165) is 6.42 Å². The third kappa shape index (κ3) is 3.88. The molecule has 0 aliphatic heterocycles. The maximum Gasteiger partial charge on any atom is 0.0441 e. The second-order valence-electron chi connectivity index (χ2n) is 2.78. The molecule has 0 rings (SSSR count). The van der Waals surface area contributed by atoms with Crippen molar-refractivity contribution in [2.24, 2.45) is 5.92 Å². The van der Waals surface area contributed by atoms with Crippen molar-refractivity contribution in [3.8, 4) is 0 Å². The maximum atomic E-state index is 11.2. The first-order valence-electron chi connectivity index (χ1n) is 3.76. The average molecular weight is 163 g/mol. The summed E-state index contributed by atoms with van der Waals surface area (Å²) in [6.45, 7) is 5.93. The molecule has 2 atom stereocenters. The highest BCUT2D eigenvalue weighted by atomic mass is 32.2. The zero-order valence-corrected chi connectivity index (χ0v) is 7.83. The van der Waals surface area contributed by atoms with Crippen LogP contribution >= 0.6 is 0 Å². The minimum atomic E-state index is -2.23. The van der Waals surface area contributed by atoms with E-state index in [1.54, 1.807) is 0 Å². The Kier molecular flexibility index (Phi) is 3.94. The van der Waals surface area contributed by atoms with Gasteiger partial charge in [0.25, 0.3) is 0 Å². The van der Waals surface area contributed by atoms with Crippen LogP contribution in [0.15, 0.2) is 0 Å². The molecule has 0 aromatic rings. The van der Waals surface area contributed by atoms with E-state index in [1.807, 2.05) is 13.8 Å². The third-order valence-corrected chi connectivity index (χ3v) is 3.76. The van der Waals surface area contributed by atoms with Crippen LogP contribution in [0.1, 0.15) is 27.2 Å². The van der Waals surface area contributed by atoms with Gasteiger partial charge in [-0.2, -0.15) is 0 Å². The van der Waals surface area contributed by atoms with Crippen LogP contribution < -0.4 is 0 Å². The lowest BCUT2D eigenvalue weighted by molar-refractivity contribution is 0.611. The highest BCUT2D eigenvalue weighted by Crippen LogP contribution is 2.05. The maximum absolute atomic E-state index is 11.2. The summed E-state index contributed by atoms with van der Waals surface area (Å²) in [6.07, 6.45) is 1.02. The molecule has 2 nitrogen and oxygen atoms in total. The molecular formula is C7H17NOS. The van der Waals surface area contributed by atoms with Gasteiger partial charge < -0.3 is 0 Å². The van der Waals surface area contributed by atoms with Crippen LogP contribution in [0.25, 0.3) is 0 Å². The topological polar surface area (TPSA) is 40.9 Å². The number of rotatable bonds is 4. The first kappa shape index (κ1) is 9.95. The van der Waals surface area contributed by atoms with Gasteiger partial charge in [0, 0.05) is 21.2 Å². The van der Waals surface area contributed by atoms with E-state index in [2.05, 4.69) is 6.92 Å².